The highest BCUT2D eigenvalue weighted by atomic mass is 79.9. The molecule has 3 nitrogen and oxygen atoms in total. The summed E-state index contributed by atoms with van der Waals surface area (Å²) in [7, 11) is -3.04. The third kappa shape index (κ3) is 7.06. The molecule has 0 aliphatic rings. The van der Waals surface area contributed by atoms with Gasteiger partial charge in [-0.05, 0) is 11.8 Å². The van der Waals surface area contributed by atoms with Crippen molar-refractivity contribution in [3.63, 3.8) is 0 Å². The van der Waals surface area contributed by atoms with Crippen molar-refractivity contribution in [2.75, 3.05) is 18.1 Å². The molecular formula is C7H16BrNO2S. The van der Waals surface area contributed by atoms with E-state index in [4.69, 9.17) is 0 Å². The third-order valence-corrected chi connectivity index (χ3v) is 2.65. The summed E-state index contributed by atoms with van der Waals surface area (Å²) in [5.41, 5.74) is 0.0204. The normalized spacial score (nSPS) is 13.3. The quantitative estimate of drug-likeness (QED) is 0.756. The van der Waals surface area contributed by atoms with Crippen molar-refractivity contribution in [1.82, 2.24) is 4.72 Å². The Hall–Kier alpha value is 0.390. The average molecular weight is 258 g/mol. The number of rotatable bonds is 5. The lowest BCUT2D eigenvalue weighted by Crippen LogP contribution is -2.33. The second-order valence-electron chi connectivity index (χ2n) is 3.70. The Morgan fingerprint density at radius 2 is 1.92 bits per heavy atom. The monoisotopic (exact) mass is 257 g/mol. The summed E-state index contributed by atoms with van der Waals surface area (Å²) in [6.07, 6.45) is 2.13. The summed E-state index contributed by atoms with van der Waals surface area (Å²) in [5, 5.41) is 0.894. The summed E-state index contributed by atoms with van der Waals surface area (Å²) in [4.78, 5) is 0. The van der Waals surface area contributed by atoms with Crippen LogP contribution in [0.1, 0.15) is 20.3 Å². The molecular weight excluding hydrogens is 242 g/mol. The van der Waals surface area contributed by atoms with Gasteiger partial charge in [-0.2, -0.15) is 0 Å². The largest absolute Gasteiger partial charge is 0.215 e. The molecule has 5 heteroatoms. The van der Waals surface area contributed by atoms with Crippen LogP contribution in [-0.4, -0.2) is 26.5 Å². The topological polar surface area (TPSA) is 46.2 Å². The Kier molecular flexibility index (Phi) is 4.73. The molecule has 0 spiro atoms. The van der Waals surface area contributed by atoms with Crippen molar-refractivity contribution >= 4 is 26.0 Å². The molecule has 0 radical (unpaired) electrons. The standard InChI is InChI=1S/C7H16BrNO2S/c1-7(2,4-5-8)6-9-12(3,10)11/h9H,4-6H2,1-3H3. The predicted molar refractivity (Wildman–Crippen MR) is 55.0 cm³/mol. The predicted octanol–water partition coefficient (Wildman–Crippen LogP) is 1.35. The van der Waals surface area contributed by atoms with E-state index in [0.29, 0.717) is 6.54 Å². The zero-order chi connectivity index (χ0) is 9.83. The summed E-state index contributed by atoms with van der Waals surface area (Å²) in [6.45, 7) is 4.57. The van der Waals surface area contributed by atoms with E-state index in [0.717, 1.165) is 11.8 Å². The number of sulfonamides is 1. The van der Waals surface area contributed by atoms with E-state index >= 15 is 0 Å². The molecule has 0 rings (SSSR count). The van der Waals surface area contributed by atoms with E-state index < -0.39 is 10.0 Å². The first-order valence-electron chi connectivity index (χ1n) is 3.77. The van der Waals surface area contributed by atoms with Crippen LogP contribution in [0.2, 0.25) is 0 Å². The fourth-order valence-electron chi connectivity index (χ4n) is 0.671. The van der Waals surface area contributed by atoms with Gasteiger partial charge in [-0.1, -0.05) is 29.8 Å². The first kappa shape index (κ1) is 12.4. The molecule has 0 aromatic rings. The maximum Gasteiger partial charge on any atom is 0.208 e. The number of hydrogen-bond donors (Lipinski definition) is 1. The van der Waals surface area contributed by atoms with Crippen molar-refractivity contribution < 1.29 is 8.42 Å². The van der Waals surface area contributed by atoms with Gasteiger partial charge in [0.1, 0.15) is 0 Å². The Morgan fingerprint density at radius 1 is 1.42 bits per heavy atom. The third-order valence-electron chi connectivity index (χ3n) is 1.58. The lowest BCUT2D eigenvalue weighted by atomic mass is 9.91. The van der Waals surface area contributed by atoms with E-state index in [1.54, 1.807) is 0 Å². The van der Waals surface area contributed by atoms with Gasteiger partial charge in [0.05, 0.1) is 6.26 Å². The summed E-state index contributed by atoms with van der Waals surface area (Å²) in [6, 6.07) is 0. The maximum atomic E-state index is 10.8. The highest BCUT2D eigenvalue weighted by Gasteiger charge is 2.18. The van der Waals surface area contributed by atoms with Gasteiger partial charge in [0, 0.05) is 11.9 Å². The summed E-state index contributed by atoms with van der Waals surface area (Å²) < 4.78 is 24.0. The van der Waals surface area contributed by atoms with E-state index in [1.165, 1.54) is 6.26 Å². The summed E-state index contributed by atoms with van der Waals surface area (Å²) >= 11 is 3.33. The number of nitrogens with one attached hydrogen (secondary N) is 1. The van der Waals surface area contributed by atoms with Gasteiger partial charge in [-0.3, -0.25) is 0 Å². The van der Waals surface area contributed by atoms with Gasteiger partial charge >= 0.3 is 0 Å². The fraction of sp³-hybridized carbons (Fsp3) is 1.00. The molecule has 74 valence electrons. The van der Waals surface area contributed by atoms with Crippen molar-refractivity contribution in [2.24, 2.45) is 5.41 Å². The van der Waals surface area contributed by atoms with Crippen LogP contribution in [0.15, 0.2) is 0 Å². The van der Waals surface area contributed by atoms with Crippen LogP contribution in [0.3, 0.4) is 0 Å². The van der Waals surface area contributed by atoms with Gasteiger partial charge < -0.3 is 0 Å². The Balaban J connectivity index is 3.92. The van der Waals surface area contributed by atoms with Crippen molar-refractivity contribution in [3.8, 4) is 0 Å². The molecule has 0 aromatic heterocycles. The number of halogens is 1. The minimum Gasteiger partial charge on any atom is -0.215 e. The van der Waals surface area contributed by atoms with Gasteiger partial charge in [0.15, 0.2) is 0 Å². The number of hydrogen-bond acceptors (Lipinski definition) is 2. The molecule has 0 saturated heterocycles. The zero-order valence-electron chi connectivity index (χ0n) is 7.72. The fourth-order valence-corrected chi connectivity index (χ4v) is 2.40. The van der Waals surface area contributed by atoms with Gasteiger partial charge in [0.25, 0.3) is 0 Å². The highest BCUT2D eigenvalue weighted by molar-refractivity contribution is 9.09. The van der Waals surface area contributed by atoms with Crippen LogP contribution in [-0.2, 0) is 10.0 Å². The van der Waals surface area contributed by atoms with E-state index in [1.807, 2.05) is 13.8 Å². The molecule has 0 heterocycles. The molecule has 1 N–H and O–H groups in total. The van der Waals surface area contributed by atoms with Crippen LogP contribution in [0.25, 0.3) is 0 Å². The molecule has 0 aliphatic heterocycles. The maximum absolute atomic E-state index is 10.8. The smallest absolute Gasteiger partial charge is 0.208 e. The Bertz CT molecular complexity index is 224. The Morgan fingerprint density at radius 3 is 2.25 bits per heavy atom. The van der Waals surface area contributed by atoms with Crippen LogP contribution in [0.4, 0.5) is 0 Å². The van der Waals surface area contributed by atoms with E-state index in [9.17, 15) is 8.42 Å². The van der Waals surface area contributed by atoms with Crippen LogP contribution in [0, 0.1) is 5.41 Å². The van der Waals surface area contributed by atoms with Crippen LogP contribution < -0.4 is 4.72 Å². The minimum atomic E-state index is -3.04. The molecule has 12 heavy (non-hydrogen) atoms. The molecule has 0 unspecified atom stereocenters. The molecule has 0 aromatic carbocycles. The molecule has 0 fully saturated rings. The van der Waals surface area contributed by atoms with E-state index in [2.05, 4.69) is 20.7 Å². The van der Waals surface area contributed by atoms with E-state index in [-0.39, 0.29) is 5.41 Å². The second kappa shape index (κ2) is 4.58. The minimum absolute atomic E-state index is 0.0204. The van der Waals surface area contributed by atoms with Gasteiger partial charge in [0.2, 0.25) is 10.0 Å². The number of alkyl halides is 1. The van der Waals surface area contributed by atoms with Crippen LogP contribution >= 0.6 is 15.9 Å². The zero-order valence-corrected chi connectivity index (χ0v) is 10.1. The lowest BCUT2D eigenvalue weighted by molar-refractivity contribution is 0.354. The molecule has 0 amide bonds. The first-order valence-corrected chi connectivity index (χ1v) is 6.79. The summed E-state index contributed by atoms with van der Waals surface area (Å²) in [5.74, 6) is 0. The van der Waals surface area contributed by atoms with Crippen LogP contribution in [0.5, 0.6) is 0 Å². The van der Waals surface area contributed by atoms with Gasteiger partial charge in [-0.15, -0.1) is 0 Å². The lowest BCUT2D eigenvalue weighted by Gasteiger charge is -2.23. The highest BCUT2D eigenvalue weighted by Crippen LogP contribution is 2.19. The molecule has 0 saturated carbocycles. The Labute approximate surface area is 83.1 Å². The van der Waals surface area contributed by atoms with Gasteiger partial charge in [-0.25, -0.2) is 13.1 Å². The molecule has 0 atom stereocenters. The SMILES string of the molecule is CC(C)(CCBr)CNS(C)(=O)=O. The van der Waals surface area contributed by atoms with Crippen molar-refractivity contribution in [3.05, 3.63) is 0 Å². The van der Waals surface area contributed by atoms with Crippen molar-refractivity contribution in [2.45, 2.75) is 20.3 Å². The molecule has 0 aliphatic carbocycles. The second-order valence-corrected chi connectivity index (χ2v) is 6.32. The first-order chi connectivity index (χ1) is 5.27. The van der Waals surface area contributed by atoms with Crippen molar-refractivity contribution in [1.29, 1.82) is 0 Å². The average Bonchev–Trinajstić information content (AvgIpc) is 1.83. The molecule has 0 bridgehead atoms.